The molecule has 0 saturated carbocycles. The fourth-order valence-corrected chi connectivity index (χ4v) is 3.80. The van der Waals surface area contributed by atoms with Crippen LogP contribution in [0.3, 0.4) is 0 Å². The lowest BCUT2D eigenvalue weighted by Crippen LogP contribution is -2.57. The van der Waals surface area contributed by atoms with Gasteiger partial charge < -0.3 is 15.5 Å². The lowest BCUT2D eigenvalue weighted by atomic mass is 9.84. The highest BCUT2D eigenvalue weighted by Gasteiger charge is 2.38. The van der Waals surface area contributed by atoms with Gasteiger partial charge in [0.05, 0.1) is 17.9 Å². The Hall–Kier alpha value is -2.10. The highest BCUT2D eigenvalue weighted by molar-refractivity contribution is 9.10. The fraction of sp³-hybridized carbons (Fsp3) is 0.333. The smallest absolute Gasteiger partial charge is 0.315 e. The van der Waals surface area contributed by atoms with Gasteiger partial charge in [0.25, 0.3) is 5.69 Å². The van der Waals surface area contributed by atoms with Crippen molar-refractivity contribution in [1.82, 2.24) is 0 Å². The number of benzene rings is 2. The van der Waals surface area contributed by atoms with Gasteiger partial charge >= 0.3 is 5.97 Å². The third kappa shape index (κ3) is 5.14. The molecule has 3 rings (SSSR count). The van der Waals surface area contributed by atoms with Crippen molar-refractivity contribution >= 4 is 55.1 Å². The predicted molar refractivity (Wildman–Crippen MR) is 121 cm³/mol. The Bertz CT molecular complexity index is 974. The fourth-order valence-electron chi connectivity index (χ4n) is 3.08. The zero-order valence-corrected chi connectivity index (χ0v) is 20.5. The predicted octanol–water partition coefficient (Wildman–Crippen LogP) is 3.88. The lowest BCUT2D eigenvalue weighted by molar-refractivity contribution is -0.380. The van der Waals surface area contributed by atoms with E-state index >= 15 is 0 Å². The van der Waals surface area contributed by atoms with E-state index in [1.54, 1.807) is 32.0 Å². The van der Waals surface area contributed by atoms with Crippen molar-refractivity contribution in [1.29, 1.82) is 0 Å². The van der Waals surface area contributed by atoms with Crippen LogP contribution in [-0.2, 0) is 25.2 Å². The number of ether oxygens (including phenoxy) is 1. The summed E-state index contributed by atoms with van der Waals surface area (Å²) in [6.45, 7) is 7.29. The molecule has 0 fully saturated rings. The number of rotatable bonds is 3. The maximum Gasteiger partial charge on any atom is 0.315 e. The average molecular weight is 544 g/mol. The molecule has 2 aromatic carbocycles. The summed E-state index contributed by atoms with van der Waals surface area (Å²) in [7, 11) is 1.33. The first-order valence-corrected chi connectivity index (χ1v) is 10.4. The van der Waals surface area contributed by atoms with Gasteiger partial charge in [-0.15, -0.1) is 0 Å². The molecular weight excluding hydrogens is 520 g/mol. The van der Waals surface area contributed by atoms with E-state index in [0.29, 0.717) is 11.3 Å². The lowest BCUT2D eigenvalue weighted by Gasteiger charge is -2.20. The Labute approximate surface area is 192 Å². The van der Waals surface area contributed by atoms with E-state index in [2.05, 4.69) is 37.2 Å². The van der Waals surface area contributed by atoms with Crippen molar-refractivity contribution in [2.24, 2.45) is 0 Å². The molecule has 1 amide bonds. The molecule has 30 heavy (non-hydrogen) atoms. The number of amides is 1. The van der Waals surface area contributed by atoms with Gasteiger partial charge in [-0.3, -0.25) is 9.59 Å². The van der Waals surface area contributed by atoms with E-state index in [-0.39, 0.29) is 17.4 Å². The minimum absolute atomic E-state index is 0. The van der Waals surface area contributed by atoms with Gasteiger partial charge in [-0.25, -0.2) is 0 Å². The molecule has 0 spiro atoms. The number of nitroso groups, excluding NO2 is 1. The molecule has 1 aliphatic heterocycles. The Kier molecular flexibility index (Phi) is 8.48. The van der Waals surface area contributed by atoms with Gasteiger partial charge in [-0.2, -0.15) is 0 Å². The largest absolute Gasteiger partial charge is 0.870 e. The summed E-state index contributed by atoms with van der Waals surface area (Å²) in [5.41, 5.74) is 1.71. The summed E-state index contributed by atoms with van der Waals surface area (Å²) in [6.07, 6.45) is 0. The van der Waals surface area contributed by atoms with Crippen LogP contribution >= 0.6 is 31.9 Å². The maximum atomic E-state index is 11.6. The number of nitrogens with one attached hydrogen (secondary N) is 2. The van der Waals surface area contributed by atoms with Gasteiger partial charge in [0.2, 0.25) is 5.91 Å². The molecule has 162 valence electrons. The third-order valence-corrected chi connectivity index (χ3v) is 5.92. The molecule has 0 radical (unpaired) electrons. The summed E-state index contributed by atoms with van der Waals surface area (Å²) < 4.78 is 6.48. The Balaban J connectivity index is 0.000000295. The Morgan fingerprint density at radius 1 is 1.10 bits per heavy atom. The number of halogens is 2. The van der Waals surface area contributed by atoms with E-state index in [9.17, 15) is 14.5 Å². The number of anilines is 1. The summed E-state index contributed by atoms with van der Waals surface area (Å²) in [6, 6.07) is 11.0. The van der Waals surface area contributed by atoms with Crippen molar-refractivity contribution in [3.8, 4) is 0 Å². The normalized spacial score (nSPS) is 13.8. The summed E-state index contributed by atoms with van der Waals surface area (Å²) in [5, 5.41) is 4.69. The first-order chi connectivity index (χ1) is 13.4. The minimum atomic E-state index is -0.859. The highest BCUT2D eigenvalue weighted by Crippen LogP contribution is 2.38. The molecule has 2 aromatic rings. The molecule has 1 heterocycles. The molecule has 0 saturated heterocycles. The average Bonchev–Trinajstić information content (AvgIpc) is 2.89. The zero-order chi connectivity index (χ0) is 22.0. The summed E-state index contributed by atoms with van der Waals surface area (Å²) in [5.74, 6) is -0.313. The number of carbonyl (C=O) groups is 2. The second kappa shape index (κ2) is 9.80. The molecule has 3 N–H and O–H groups in total. The van der Waals surface area contributed by atoms with E-state index in [4.69, 9.17) is 4.74 Å². The molecule has 0 aliphatic carbocycles. The zero-order valence-electron chi connectivity index (χ0n) is 17.3. The van der Waals surface area contributed by atoms with Crippen molar-refractivity contribution < 1.29 is 25.0 Å². The van der Waals surface area contributed by atoms with Gasteiger partial charge in [0, 0.05) is 36.3 Å². The van der Waals surface area contributed by atoms with Crippen LogP contribution in [0, 0.1) is 4.91 Å². The van der Waals surface area contributed by atoms with E-state index in [1.807, 2.05) is 37.2 Å². The third-order valence-electron chi connectivity index (χ3n) is 4.93. The minimum Gasteiger partial charge on any atom is -0.870 e. The first kappa shape index (κ1) is 25.9. The van der Waals surface area contributed by atoms with Crippen LogP contribution < -0.4 is 10.5 Å². The quantitative estimate of drug-likeness (QED) is 0.570. The number of methoxy groups -OCH3 is 1. The van der Waals surface area contributed by atoms with Crippen LogP contribution in [0.1, 0.15) is 38.8 Å². The monoisotopic (exact) mass is 542 g/mol. The highest BCUT2D eigenvalue weighted by atomic mass is 79.9. The van der Waals surface area contributed by atoms with Gasteiger partial charge in [-0.05, 0) is 57.5 Å². The Morgan fingerprint density at radius 3 is 2.23 bits per heavy atom. The van der Waals surface area contributed by atoms with Crippen molar-refractivity contribution in [3.63, 3.8) is 0 Å². The molecule has 9 heteroatoms. The molecule has 0 aromatic heterocycles. The van der Waals surface area contributed by atoms with Crippen molar-refractivity contribution in [2.75, 3.05) is 12.4 Å². The number of carbonyl (C=O) groups excluding carboxylic acids is 2. The SMILES string of the molecule is CC1(C)C(=O)Nc2cc(Br)ccc21.COC(=O)C(C)(C)c1ccc(Br)cc1[NH+]=O.[OH-]. The topological polar surface area (TPSA) is 116 Å². The molecule has 0 bridgehead atoms. The Morgan fingerprint density at radius 2 is 1.67 bits per heavy atom. The van der Waals surface area contributed by atoms with Crippen LogP contribution in [0.25, 0.3) is 0 Å². The summed E-state index contributed by atoms with van der Waals surface area (Å²) >= 11 is 6.63. The van der Waals surface area contributed by atoms with Crippen LogP contribution in [0.2, 0.25) is 0 Å². The standard InChI is InChI=1S/C11H12BrNO3.C10H10BrNO.H2O/c1-11(2,10(14)16-3)8-5-4-7(12)6-9(8)13-15;1-10(2)7-4-3-6(11)5-8(7)12-9(10)13;/h4-6H,1-3H3;3-5H,1-2H3,(H,12,13);1H2. The number of esters is 1. The van der Waals surface area contributed by atoms with Crippen LogP contribution in [-0.4, -0.2) is 24.5 Å². The second-order valence-corrected chi connectivity index (χ2v) is 9.51. The van der Waals surface area contributed by atoms with Crippen molar-refractivity contribution in [3.05, 3.63) is 61.4 Å². The molecule has 7 nitrogen and oxygen atoms in total. The molecule has 1 aliphatic rings. The summed E-state index contributed by atoms with van der Waals surface area (Å²) in [4.78, 5) is 34.0. The second-order valence-electron chi connectivity index (χ2n) is 7.68. The van der Waals surface area contributed by atoms with Gasteiger partial charge in [0.15, 0.2) is 0 Å². The molecule has 0 unspecified atom stereocenters. The maximum absolute atomic E-state index is 11.6. The molecular formula is C21H24Br2N2O5. The number of hydrogen-bond donors (Lipinski definition) is 2. The van der Waals surface area contributed by atoms with Crippen molar-refractivity contribution in [2.45, 2.75) is 38.5 Å². The molecule has 0 atom stereocenters. The van der Waals surface area contributed by atoms with E-state index in [0.717, 1.165) is 20.2 Å². The van der Waals surface area contributed by atoms with Crippen LogP contribution in [0.15, 0.2) is 45.3 Å². The van der Waals surface area contributed by atoms with Crippen LogP contribution in [0.4, 0.5) is 11.4 Å². The number of fused-ring (bicyclic) bond motifs is 1. The van der Waals surface area contributed by atoms with Crippen LogP contribution in [0.5, 0.6) is 0 Å². The first-order valence-electron chi connectivity index (χ1n) is 8.83. The number of hydrogen-bond acceptors (Lipinski definition) is 5. The van der Waals surface area contributed by atoms with Gasteiger partial charge in [-0.1, -0.05) is 37.9 Å². The van der Waals surface area contributed by atoms with E-state index in [1.165, 1.54) is 7.11 Å². The van der Waals surface area contributed by atoms with Gasteiger partial charge in [0.1, 0.15) is 0 Å². The van der Waals surface area contributed by atoms with E-state index < -0.39 is 10.8 Å².